The van der Waals surface area contributed by atoms with Gasteiger partial charge in [-0.2, -0.15) is 0 Å². The van der Waals surface area contributed by atoms with Gasteiger partial charge in [-0.25, -0.2) is 0 Å². The van der Waals surface area contributed by atoms with Gasteiger partial charge in [0.2, 0.25) is 0 Å². The van der Waals surface area contributed by atoms with Gasteiger partial charge >= 0.3 is 0 Å². The van der Waals surface area contributed by atoms with Gasteiger partial charge in [-0.3, -0.25) is 0 Å². The van der Waals surface area contributed by atoms with Crippen molar-refractivity contribution in [2.45, 2.75) is 51.7 Å². The molecule has 16 heavy (non-hydrogen) atoms. The number of nitrogens with two attached hydrogens (primary N) is 1. The van der Waals surface area contributed by atoms with E-state index in [9.17, 15) is 5.11 Å². The maximum atomic E-state index is 9.25. The number of hydrogen-bond donors (Lipinski definition) is 2. The van der Waals surface area contributed by atoms with Crippen molar-refractivity contribution in [1.82, 2.24) is 4.90 Å². The second-order valence-corrected chi connectivity index (χ2v) is 5.74. The molecule has 3 N–H and O–H groups in total. The van der Waals surface area contributed by atoms with Crippen molar-refractivity contribution in [3.05, 3.63) is 0 Å². The third-order valence-electron chi connectivity index (χ3n) is 3.78. The molecule has 1 fully saturated rings. The highest BCUT2D eigenvalue weighted by molar-refractivity contribution is 4.82. The first-order valence-corrected chi connectivity index (χ1v) is 6.61. The fourth-order valence-corrected chi connectivity index (χ4v) is 2.63. The smallest absolute Gasteiger partial charge is 0.0524 e. The summed E-state index contributed by atoms with van der Waals surface area (Å²) < 4.78 is 0. The van der Waals surface area contributed by atoms with Crippen molar-refractivity contribution in [3.8, 4) is 0 Å². The molecule has 0 aliphatic heterocycles. The minimum Gasteiger partial charge on any atom is -0.393 e. The first-order chi connectivity index (χ1) is 7.49. The van der Waals surface area contributed by atoms with E-state index in [1.807, 2.05) is 6.92 Å². The molecular formula is C13H28N2O. The van der Waals surface area contributed by atoms with E-state index in [-0.39, 0.29) is 6.10 Å². The number of nitrogens with zero attached hydrogens (tertiary/aromatic N) is 1. The van der Waals surface area contributed by atoms with Crippen molar-refractivity contribution in [1.29, 1.82) is 0 Å². The molecule has 0 heterocycles. The maximum Gasteiger partial charge on any atom is 0.0524 e. The summed E-state index contributed by atoms with van der Waals surface area (Å²) in [5.74, 6) is 1.47. The number of rotatable bonds is 5. The molecule has 0 radical (unpaired) electrons. The van der Waals surface area contributed by atoms with Crippen molar-refractivity contribution in [3.63, 3.8) is 0 Å². The van der Waals surface area contributed by atoms with Gasteiger partial charge < -0.3 is 15.7 Å². The molecule has 0 saturated heterocycles. The zero-order valence-electron chi connectivity index (χ0n) is 11.0. The number of aliphatic hydroxyl groups is 1. The predicted octanol–water partition coefficient (Wildman–Crippen LogP) is 1.45. The molecule has 0 bridgehead atoms. The van der Waals surface area contributed by atoms with Crippen molar-refractivity contribution in [2.75, 3.05) is 20.1 Å². The molecule has 1 aliphatic carbocycles. The normalized spacial score (nSPS) is 33.0. The van der Waals surface area contributed by atoms with E-state index in [2.05, 4.69) is 18.9 Å². The van der Waals surface area contributed by atoms with E-state index in [1.165, 1.54) is 19.3 Å². The minimum atomic E-state index is -0.193. The Hall–Kier alpha value is -0.120. The van der Waals surface area contributed by atoms with Crippen LogP contribution in [0.4, 0.5) is 0 Å². The first kappa shape index (κ1) is 13.9. The standard InChI is InChI=1S/C13H28N2O/c1-10-4-5-13(14)12(8-10)9-15(3)7-6-11(2)16/h10-13,16H,4-9,14H2,1-3H3. The van der Waals surface area contributed by atoms with E-state index in [1.54, 1.807) is 0 Å². The van der Waals surface area contributed by atoms with Crippen LogP contribution in [0.25, 0.3) is 0 Å². The molecule has 1 aliphatic rings. The van der Waals surface area contributed by atoms with Crippen LogP contribution >= 0.6 is 0 Å². The largest absolute Gasteiger partial charge is 0.393 e. The molecule has 0 aromatic heterocycles. The quantitative estimate of drug-likeness (QED) is 0.749. The van der Waals surface area contributed by atoms with E-state index in [0.29, 0.717) is 12.0 Å². The van der Waals surface area contributed by atoms with Gasteiger partial charge in [-0.05, 0) is 51.5 Å². The van der Waals surface area contributed by atoms with Crippen LogP contribution in [0.2, 0.25) is 0 Å². The summed E-state index contributed by atoms with van der Waals surface area (Å²) in [6, 6.07) is 0.380. The predicted molar refractivity (Wildman–Crippen MR) is 68.3 cm³/mol. The van der Waals surface area contributed by atoms with Crippen LogP contribution in [-0.2, 0) is 0 Å². The average Bonchev–Trinajstić information content (AvgIpc) is 2.20. The zero-order chi connectivity index (χ0) is 12.1. The van der Waals surface area contributed by atoms with Gasteiger partial charge in [0.1, 0.15) is 0 Å². The summed E-state index contributed by atoms with van der Waals surface area (Å²) in [6.07, 6.45) is 4.39. The van der Waals surface area contributed by atoms with Crippen LogP contribution < -0.4 is 5.73 Å². The molecule has 0 amide bonds. The third-order valence-corrected chi connectivity index (χ3v) is 3.78. The van der Waals surface area contributed by atoms with Gasteiger partial charge in [-0.15, -0.1) is 0 Å². The zero-order valence-corrected chi connectivity index (χ0v) is 11.0. The van der Waals surface area contributed by atoms with Crippen LogP contribution in [0.3, 0.4) is 0 Å². The van der Waals surface area contributed by atoms with Gasteiger partial charge in [0.15, 0.2) is 0 Å². The summed E-state index contributed by atoms with van der Waals surface area (Å²) in [5, 5.41) is 9.25. The van der Waals surface area contributed by atoms with Crippen molar-refractivity contribution in [2.24, 2.45) is 17.6 Å². The van der Waals surface area contributed by atoms with E-state index in [4.69, 9.17) is 5.73 Å². The summed E-state index contributed by atoms with van der Waals surface area (Å²) in [7, 11) is 2.13. The monoisotopic (exact) mass is 228 g/mol. The van der Waals surface area contributed by atoms with E-state index in [0.717, 1.165) is 25.4 Å². The molecule has 3 nitrogen and oxygen atoms in total. The van der Waals surface area contributed by atoms with Gasteiger partial charge in [0.05, 0.1) is 6.10 Å². The molecular weight excluding hydrogens is 200 g/mol. The lowest BCUT2D eigenvalue weighted by Gasteiger charge is -2.35. The highest BCUT2D eigenvalue weighted by Gasteiger charge is 2.26. The lowest BCUT2D eigenvalue weighted by atomic mass is 9.79. The first-order valence-electron chi connectivity index (χ1n) is 6.61. The molecule has 0 aromatic carbocycles. The molecule has 4 unspecified atom stereocenters. The average molecular weight is 228 g/mol. The molecule has 4 atom stereocenters. The topological polar surface area (TPSA) is 49.5 Å². The Balaban J connectivity index is 2.28. The Labute approximate surface area is 100 Å². The van der Waals surface area contributed by atoms with Crippen LogP contribution in [0.5, 0.6) is 0 Å². The number of hydrogen-bond acceptors (Lipinski definition) is 3. The summed E-state index contributed by atoms with van der Waals surface area (Å²) in [5.41, 5.74) is 6.17. The molecule has 0 spiro atoms. The van der Waals surface area contributed by atoms with Crippen LogP contribution in [-0.4, -0.2) is 42.3 Å². The maximum absolute atomic E-state index is 9.25. The third kappa shape index (κ3) is 4.81. The minimum absolute atomic E-state index is 0.193. The Morgan fingerprint density at radius 3 is 2.75 bits per heavy atom. The second-order valence-electron chi connectivity index (χ2n) is 5.74. The SMILES string of the molecule is CC(O)CCN(C)CC1CC(C)CCC1N. The van der Waals surface area contributed by atoms with Crippen molar-refractivity contribution < 1.29 is 5.11 Å². The summed E-state index contributed by atoms with van der Waals surface area (Å²) >= 11 is 0. The highest BCUT2D eigenvalue weighted by atomic mass is 16.3. The van der Waals surface area contributed by atoms with Crippen molar-refractivity contribution >= 4 is 0 Å². The molecule has 0 aromatic rings. The lowest BCUT2D eigenvalue weighted by molar-refractivity contribution is 0.142. The van der Waals surface area contributed by atoms with Crippen LogP contribution in [0, 0.1) is 11.8 Å². The Kier molecular flexibility index (Phi) is 5.73. The fourth-order valence-electron chi connectivity index (χ4n) is 2.63. The van der Waals surface area contributed by atoms with Gasteiger partial charge in [-0.1, -0.05) is 6.92 Å². The Bertz CT molecular complexity index is 196. The van der Waals surface area contributed by atoms with Crippen LogP contribution in [0.15, 0.2) is 0 Å². The summed E-state index contributed by atoms with van der Waals surface area (Å²) in [6.45, 7) is 6.23. The van der Waals surface area contributed by atoms with Crippen LogP contribution in [0.1, 0.15) is 39.5 Å². The second kappa shape index (κ2) is 6.58. The summed E-state index contributed by atoms with van der Waals surface area (Å²) in [4.78, 5) is 2.31. The lowest BCUT2D eigenvalue weighted by Crippen LogP contribution is -2.42. The fraction of sp³-hybridized carbons (Fsp3) is 1.00. The van der Waals surface area contributed by atoms with Gasteiger partial charge in [0, 0.05) is 19.1 Å². The highest BCUT2D eigenvalue weighted by Crippen LogP contribution is 2.28. The number of aliphatic hydroxyl groups excluding tert-OH is 1. The Morgan fingerprint density at radius 2 is 2.12 bits per heavy atom. The molecule has 1 saturated carbocycles. The molecule has 1 rings (SSSR count). The van der Waals surface area contributed by atoms with Gasteiger partial charge in [0.25, 0.3) is 0 Å². The van der Waals surface area contributed by atoms with E-state index >= 15 is 0 Å². The molecule has 96 valence electrons. The van der Waals surface area contributed by atoms with E-state index < -0.39 is 0 Å². The molecule has 3 heteroatoms. The Morgan fingerprint density at radius 1 is 1.44 bits per heavy atom.